The molecular weight excluding hydrogens is 482 g/mol. The molecule has 0 spiro atoms. The highest BCUT2D eigenvalue weighted by Gasteiger charge is 2.52. The summed E-state index contributed by atoms with van der Waals surface area (Å²) in [5.41, 5.74) is 5.88. The lowest BCUT2D eigenvalue weighted by molar-refractivity contribution is -0.341. The van der Waals surface area contributed by atoms with E-state index in [0.717, 1.165) is 7.11 Å². The van der Waals surface area contributed by atoms with Crippen molar-refractivity contribution < 1.29 is 74.1 Å². The van der Waals surface area contributed by atoms with Gasteiger partial charge >= 0.3 is 5.97 Å². The maximum atomic E-state index is 11.7. The number of carbonyl (C=O) groups is 1. The maximum absolute atomic E-state index is 11.7. The molecular formula is C19H33NO15. The van der Waals surface area contributed by atoms with Gasteiger partial charge in [-0.25, -0.2) is 4.79 Å². The highest BCUT2D eigenvalue weighted by molar-refractivity contribution is 5.73. The first-order valence-electron chi connectivity index (χ1n) is 10.9. The van der Waals surface area contributed by atoms with Crippen molar-refractivity contribution in [2.24, 2.45) is 5.73 Å². The van der Waals surface area contributed by atoms with Crippen molar-refractivity contribution in [3.05, 3.63) is 0 Å². The number of aliphatic hydroxyl groups excluding tert-OH is 7. The number of nitrogens with two attached hydrogens (primary N) is 1. The zero-order chi connectivity index (χ0) is 26.0. The molecule has 3 saturated heterocycles. The van der Waals surface area contributed by atoms with Gasteiger partial charge in [-0.05, 0) is 0 Å². The largest absolute Gasteiger partial charge is 0.479 e. The molecule has 5 unspecified atom stereocenters. The average molecular weight is 515 g/mol. The third-order valence-electron chi connectivity index (χ3n) is 6.22. The van der Waals surface area contributed by atoms with Crippen LogP contribution in [0, 0.1) is 0 Å². The lowest BCUT2D eigenvalue weighted by Crippen LogP contribution is -2.67. The normalized spacial score (nSPS) is 49.1. The molecule has 16 nitrogen and oxygen atoms in total. The molecule has 0 amide bonds. The van der Waals surface area contributed by atoms with Crippen molar-refractivity contribution in [1.82, 2.24) is 0 Å². The van der Waals surface area contributed by atoms with E-state index in [1.165, 1.54) is 0 Å². The van der Waals surface area contributed by atoms with Gasteiger partial charge in [-0.2, -0.15) is 0 Å². The van der Waals surface area contributed by atoms with Crippen LogP contribution in [0.5, 0.6) is 0 Å². The van der Waals surface area contributed by atoms with E-state index in [9.17, 15) is 45.6 Å². The summed E-state index contributed by atoms with van der Waals surface area (Å²) in [7, 11) is 1.14. The van der Waals surface area contributed by atoms with Crippen LogP contribution >= 0.6 is 0 Å². The Morgan fingerprint density at radius 2 is 1.60 bits per heavy atom. The SMILES string of the molecule is CO[C@H]1OC(C(=O)O)[C@@H](O[C@H]2OC(CO[C@@H]3C[C@@H](O)[C@@H](O)C(CO)O3)[C@@H](O)[C@H](O)C2N)[C@H](O)C1O. The highest BCUT2D eigenvalue weighted by Crippen LogP contribution is 2.30. The summed E-state index contributed by atoms with van der Waals surface area (Å²) >= 11 is 0. The van der Waals surface area contributed by atoms with Gasteiger partial charge in [0.1, 0.15) is 48.8 Å². The van der Waals surface area contributed by atoms with Gasteiger partial charge in [0.15, 0.2) is 25.0 Å². The molecule has 0 aromatic rings. The number of hydrogen-bond acceptors (Lipinski definition) is 15. The highest BCUT2D eigenvalue weighted by atomic mass is 16.7. The van der Waals surface area contributed by atoms with Gasteiger partial charge in [-0.3, -0.25) is 0 Å². The van der Waals surface area contributed by atoms with E-state index in [2.05, 4.69) is 0 Å². The standard InChI is InChI=1S/C19H33NO15/c1-30-19-14(27)13(26)15(16(35-19)17(28)29)34-18-9(20)12(25)11(24)7(33-18)4-31-8-2-5(22)10(23)6(3-21)32-8/h5-16,18-19,21-27H,2-4,20H2,1H3,(H,28,29)/t5-,6?,7?,8+,9?,10-,11-,12-,13-,14?,15+,16?,18-,19+/m1/s1. The maximum Gasteiger partial charge on any atom is 0.335 e. The molecule has 10 N–H and O–H groups in total. The van der Waals surface area contributed by atoms with Gasteiger partial charge in [0, 0.05) is 13.5 Å². The van der Waals surface area contributed by atoms with Gasteiger partial charge in [0.25, 0.3) is 0 Å². The molecule has 0 aromatic heterocycles. The van der Waals surface area contributed by atoms with Gasteiger partial charge in [0.05, 0.1) is 25.4 Å². The lowest BCUT2D eigenvalue weighted by Gasteiger charge is -2.46. The number of carboxylic acids is 1. The first-order valence-corrected chi connectivity index (χ1v) is 10.9. The average Bonchev–Trinajstić information content (AvgIpc) is 2.83. The minimum absolute atomic E-state index is 0.160. The van der Waals surface area contributed by atoms with Crippen LogP contribution in [0.2, 0.25) is 0 Å². The zero-order valence-corrected chi connectivity index (χ0v) is 18.7. The molecule has 3 heterocycles. The molecule has 3 aliphatic heterocycles. The van der Waals surface area contributed by atoms with Crippen LogP contribution in [0.15, 0.2) is 0 Å². The topological polar surface area (TPSA) is 260 Å². The summed E-state index contributed by atoms with van der Waals surface area (Å²) < 4.78 is 31.9. The number of methoxy groups -OCH3 is 1. The van der Waals surface area contributed by atoms with E-state index in [1.807, 2.05) is 0 Å². The Morgan fingerprint density at radius 1 is 0.914 bits per heavy atom. The number of ether oxygens (including phenoxy) is 6. The zero-order valence-electron chi connectivity index (χ0n) is 18.7. The summed E-state index contributed by atoms with van der Waals surface area (Å²) in [6.45, 7) is -1.02. The van der Waals surface area contributed by atoms with Crippen molar-refractivity contribution in [3.8, 4) is 0 Å². The molecule has 0 aromatic carbocycles. The summed E-state index contributed by atoms with van der Waals surface area (Å²) in [5.74, 6) is -1.54. The van der Waals surface area contributed by atoms with E-state index in [4.69, 9.17) is 34.2 Å². The molecule has 0 bridgehead atoms. The van der Waals surface area contributed by atoms with Crippen LogP contribution in [0.4, 0.5) is 0 Å². The fourth-order valence-electron chi connectivity index (χ4n) is 4.13. The molecule has 3 rings (SSSR count). The first-order chi connectivity index (χ1) is 16.5. The third-order valence-corrected chi connectivity index (χ3v) is 6.22. The van der Waals surface area contributed by atoms with Crippen LogP contribution in [0.25, 0.3) is 0 Å². The second-order valence-corrected chi connectivity index (χ2v) is 8.60. The van der Waals surface area contributed by atoms with Crippen molar-refractivity contribution in [2.75, 3.05) is 20.3 Å². The second kappa shape index (κ2) is 12.0. The van der Waals surface area contributed by atoms with Crippen molar-refractivity contribution in [2.45, 2.75) is 92.4 Å². The summed E-state index contributed by atoms with van der Waals surface area (Å²) in [6, 6.07) is -1.40. The molecule has 0 saturated carbocycles. The molecule has 35 heavy (non-hydrogen) atoms. The fraction of sp³-hybridized carbons (Fsp3) is 0.947. The van der Waals surface area contributed by atoms with Crippen molar-refractivity contribution >= 4 is 5.97 Å². The molecule has 16 heteroatoms. The van der Waals surface area contributed by atoms with E-state index in [1.54, 1.807) is 0 Å². The molecule has 3 aliphatic rings. The van der Waals surface area contributed by atoms with Crippen LogP contribution in [0.1, 0.15) is 6.42 Å². The van der Waals surface area contributed by atoms with Crippen LogP contribution in [0.3, 0.4) is 0 Å². The third kappa shape index (κ3) is 6.08. The quantitative estimate of drug-likeness (QED) is 0.146. The summed E-state index contributed by atoms with van der Waals surface area (Å²) in [6.07, 6.45) is -19.5. The lowest BCUT2D eigenvalue weighted by atomic mass is 9.96. The Bertz CT molecular complexity index is 701. The molecule has 204 valence electrons. The van der Waals surface area contributed by atoms with E-state index >= 15 is 0 Å². The van der Waals surface area contributed by atoms with Gasteiger partial charge in [0.2, 0.25) is 0 Å². The Labute approximate surface area is 199 Å². The molecule has 14 atom stereocenters. The fourth-order valence-corrected chi connectivity index (χ4v) is 4.13. The second-order valence-electron chi connectivity index (χ2n) is 8.60. The predicted octanol–water partition coefficient (Wildman–Crippen LogP) is -5.83. The Hall–Kier alpha value is -1.09. The van der Waals surface area contributed by atoms with Crippen LogP contribution < -0.4 is 5.73 Å². The molecule has 0 radical (unpaired) electrons. The number of aliphatic carboxylic acids is 1. The minimum Gasteiger partial charge on any atom is -0.479 e. The summed E-state index contributed by atoms with van der Waals surface area (Å²) in [5, 5.41) is 79.7. The van der Waals surface area contributed by atoms with E-state index < -0.39 is 105 Å². The van der Waals surface area contributed by atoms with Gasteiger partial charge in [-0.15, -0.1) is 0 Å². The van der Waals surface area contributed by atoms with Crippen molar-refractivity contribution in [3.63, 3.8) is 0 Å². The smallest absolute Gasteiger partial charge is 0.335 e. The molecule has 0 aliphatic carbocycles. The Balaban J connectivity index is 1.67. The number of hydrogen-bond donors (Lipinski definition) is 9. The monoisotopic (exact) mass is 515 g/mol. The number of rotatable bonds is 8. The van der Waals surface area contributed by atoms with E-state index in [0.29, 0.717) is 0 Å². The van der Waals surface area contributed by atoms with Gasteiger partial charge < -0.3 is 75.0 Å². The molecule has 3 fully saturated rings. The van der Waals surface area contributed by atoms with Crippen LogP contribution in [-0.4, -0.2) is 153 Å². The predicted molar refractivity (Wildman–Crippen MR) is 107 cm³/mol. The van der Waals surface area contributed by atoms with Crippen LogP contribution in [-0.2, 0) is 33.2 Å². The Morgan fingerprint density at radius 3 is 2.20 bits per heavy atom. The first kappa shape index (κ1) is 28.5. The van der Waals surface area contributed by atoms with Gasteiger partial charge in [-0.1, -0.05) is 0 Å². The minimum atomic E-state index is -1.80. The summed E-state index contributed by atoms with van der Waals surface area (Å²) in [4.78, 5) is 11.7. The Kier molecular flexibility index (Phi) is 9.74. The van der Waals surface area contributed by atoms with Crippen molar-refractivity contribution in [1.29, 1.82) is 0 Å². The number of carboxylic acid groups (broad SMARTS) is 1. The number of aliphatic hydroxyl groups is 7. The van der Waals surface area contributed by atoms with E-state index in [-0.39, 0.29) is 6.42 Å².